The molecular weight excluding hydrogens is 363 g/mol. The maximum atomic E-state index is 13.0. The second-order valence-electron chi connectivity index (χ2n) is 6.35. The van der Waals surface area contributed by atoms with Crippen molar-refractivity contribution in [3.05, 3.63) is 47.9 Å². The number of nitrogens with zero attached hydrogens (tertiary/aromatic N) is 2. The molecule has 1 unspecified atom stereocenters. The van der Waals surface area contributed by atoms with Gasteiger partial charge in [0.1, 0.15) is 5.76 Å². The topological polar surface area (TPSA) is 69.3 Å². The molecule has 0 radical (unpaired) electrons. The molecule has 2 aromatic heterocycles. The monoisotopic (exact) mass is 379 g/mol. The first kappa shape index (κ1) is 17.6. The Hall–Kier alpha value is -2.81. The number of anilines is 1. The summed E-state index contributed by atoms with van der Waals surface area (Å²) in [5.41, 5.74) is -0.175. The number of carbonyl (C=O) groups excluding carboxylic acids is 1. The Morgan fingerprint density at radius 3 is 2.85 bits per heavy atom. The lowest BCUT2D eigenvalue weighted by atomic mass is 10.1. The fourth-order valence-electron chi connectivity index (χ4n) is 3.07. The Morgan fingerprint density at radius 2 is 2.19 bits per heavy atom. The van der Waals surface area contributed by atoms with Crippen molar-refractivity contribution in [1.82, 2.24) is 9.55 Å². The van der Waals surface area contributed by atoms with Crippen LogP contribution < -0.4 is 5.32 Å². The zero-order valence-corrected chi connectivity index (χ0v) is 14.1. The fraction of sp³-hybridized carbons (Fsp3) is 0.333. The van der Waals surface area contributed by atoms with E-state index < -0.39 is 11.7 Å². The molecule has 0 aliphatic carbocycles. The van der Waals surface area contributed by atoms with E-state index >= 15 is 0 Å². The Bertz CT molecular complexity index is 958. The van der Waals surface area contributed by atoms with Crippen LogP contribution in [0.25, 0.3) is 11.0 Å². The van der Waals surface area contributed by atoms with Crippen molar-refractivity contribution in [2.75, 3.05) is 18.5 Å². The van der Waals surface area contributed by atoms with Crippen LogP contribution in [0, 0.1) is 5.92 Å². The normalized spacial score (nSPS) is 17.5. The summed E-state index contributed by atoms with van der Waals surface area (Å²) >= 11 is 0. The molecule has 6 nitrogen and oxygen atoms in total. The first-order chi connectivity index (χ1) is 12.9. The number of benzene rings is 1. The Morgan fingerprint density at radius 1 is 1.33 bits per heavy atom. The molecule has 1 aliphatic rings. The minimum absolute atomic E-state index is 0.148. The molecule has 1 N–H and O–H groups in total. The van der Waals surface area contributed by atoms with E-state index in [-0.39, 0.29) is 29.8 Å². The van der Waals surface area contributed by atoms with Crippen LogP contribution >= 0.6 is 0 Å². The van der Waals surface area contributed by atoms with E-state index in [1.807, 2.05) is 0 Å². The van der Waals surface area contributed by atoms with E-state index in [2.05, 4.69) is 10.3 Å². The number of amides is 1. The average molecular weight is 379 g/mol. The van der Waals surface area contributed by atoms with Gasteiger partial charge in [0.15, 0.2) is 0 Å². The predicted molar refractivity (Wildman–Crippen MR) is 90.1 cm³/mol. The molecule has 1 aromatic carbocycles. The molecule has 4 rings (SSSR count). The van der Waals surface area contributed by atoms with Crippen LogP contribution in [0.15, 0.2) is 41.0 Å². The van der Waals surface area contributed by atoms with Gasteiger partial charge in [0.2, 0.25) is 11.9 Å². The van der Waals surface area contributed by atoms with E-state index in [1.54, 1.807) is 16.7 Å². The van der Waals surface area contributed by atoms with E-state index in [1.165, 1.54) is 12.3 Å². The molecule has 9 heteroatoms. The quantitative estimate of drug-likeness (QED) is 0.751. The highest BCUT2D eigenvalue weighted by molar-refractivity contribution is 5.93. The number of hydrogen-bond acceptors (Lipinski definition) is 4. The largest absolute Gasteiger partial charge is 0.467 e. The van der Waals surface area contributed by atoms with Crippen molar-refractivity contribution in [1.29, 1.82) is 0 Å². The SMILES string of the molecule is O=C(Nc1nc2cc(C(F)(F)F)ccc2n1Cc1ccco1)C1CCOC1. The third kappa shape index (κ3) is 3.55. The molecule has 1 atom stereocenters. The third-order valence-corrected chi connectivity index (χ3v) is 4.51. The van der Waals surface area contributed by atoms with Gasteiger partial charge in [-0.15, -0.1) is 0 Å². The molecule has 0 saturated carbocycles. The van der Waals surface area contributed by atoms with Crippen LogP contribution in [0.1, 0.15) is 17.7 Å². The van der Waals surface area contributed by atoms with E-state index in [0.29, 0.717) is 30.9 Å². The van der Waals surface area contributed by atoms with Gasteiger partial charge in [0.25, 0.3) is 0 Å². The lowest BCUT2D eigenvalue weighted by molar-refractivity contribution is -0.137. The van der Waals surface area contributed by atoms with Gasteiger partial charge in [-0.05, 0) is 36.8 Å². The highest BCUT2D eigenvalue weighted by atomic mass is 19.4. The molecule has 1 amide bonds. The van der Waals surface area contributed by atoms with Crippen LogP contribution in [0.4, 0.5) is 19.1 Å². The van der Waals surface area contributed by atoms with Crippen molar-refractivity contribution in [3.63, 3.8) is 0 Å². The lowest BCUT2D eigenvalue weighted by Crippen LogP contribution is -2.24. The summed E-state index contributed by atoms with van der Waals surface area (Å²) in [6.07, 6.45) is -2.36. The summed E-state index contributed by atoms with van der Waals surface area (Å²) in [6, 6.07) is 6.78. The van der Waals surface area contributed by atoms with Crippen LogP contribution in [0.3, 0.4) is 0 Å². The predicted octanol–water partition coefficient (Wildman–Crippen LogP) is 3.67. The molecule has 1 fully saturated rings. The number of hydrogen-bond donors (Lipinski definition) is 1. The first-order valence-corrected chi connectivity index (χ1v) is 8.40. The minimum atomic E-state index is -4.47. The van der Waals surface area contributed by atoms with Gasteiger partial charge in [0, 0.05) is 6.61 Å². The summed E-state index contributed by atoms with van der Waals surface area (Å²) in [4.78, 5) is 16.7. The Kier molecular flexibility index (Phi) is 4.39. The second kappa shape index (κ2) is 6.73. The van der Waals surface area contributed by atoms with Crippen molar-refractivity contribution in [2.24, 2.45) is 5.92 Å². The highest BCUT2D eigenvalue weighted by Crippen LogP contribution is 2.32. The van der Waals surface area contributed by atoms with E-state index in [4.69, 9.17) is 9.15 Å². The standard InChI is InChI=1S/C18H16F3N3O3/c19-18(20,21)12-3-4-15-14(8-12)22-17(23-16(25)11-5-7-26-10-11)24(15)9-13-2-1-6-27-13/h1-4,6,8,11H,5,7,9-10H2,(H,22,23,25). The summed E-state index contributed by atoms with van der Waals surface area (Å²) in [5, 5.41) is 2.72. The number of ether oxygens (including phenoxy) is 1. The molecule has 3 aromatic rings. The zero-order chi connectivity index (χ0) is 19.0. The summed E-state index contributed by atoms with van der Waals surface area (Å²) in [7, 11) is 0. The van der Waals surface area contributed by atoms with Crippen LogP contribution in [0.2, 0.25) is 0 Å². The summed E-state index contributed by atoms with van der Waals surface area (Å²) in [6.45, 7) is 1.06. The molecule has 1 saturated heterocycles. The Labute approximate surface area is 151 Å². The number of fused-ring (bicyclic) bond motifs is 1. The summed E-state index contributed by atoms with van der Waals surface area (Å²) < 4.78 is 51.2. The number of furan rings is 1. The van der Waals surface area contributed by atoms with Crippen LogP contribution in [0.5, 0.6) is 0 Å². The van der Waals surface area contributed by atoms with Gasteiger partial charge in [-0.25, -0.2) is 4.98 Å². The third-order valence-electron chi connectivity index (χ3n) is 4.51. The Balaban J connectivity index is 1.73. The van der Waals surface area contributed by atoms with Gasteiger partial charge in [0.05, 0.1) is 41.9 Å². The van der Waals surface area contributed by atoms with Gasteiger partial charge in [-0.3, -0.25) is 10.1 Å². The van der Waals surface area contributed by atoms with Crippen molar-refractivity contribution in [2.45, 2.75) is 19.1 Å². The van der Waals surface area contributed by atoms with Gasteiger partial charge in [-0.1, -0.05) is 0 Å². The number of imidazole rings is 1. The van der Waals surface area contributed by atoms with E-state index in [0.717, 1.165) is 12.1 Å². The van der Waals surface area contributed by atoms with Crippen molar-refractivity contribution < 1.29 is 27.1 Å². The molecule has 0 bridgehead atoms. The summed E-state index contributed by atoms with van der Waals surface area (Å²) in [5.74, 6) is 0.207. The molecule has 3 heterocycles. The smallest absolute Gasteiger partial charge is 0.416 e. The molecule has 0 spiro atoms. The van der Waals surface area contributed by atoms with Gasteiger partial charge in [-0.2, -0.15) is 13.2 Å². The number of halogens is 3. The fourth-order valence-corrected chi connectivity index (χ4v) is 3.07. The lowest BCUT2D eigenvalue weighted by Gasteiger charge is -2.11. The number of aromatic nitrogens is 2. The number of nitrogens with one attached hydrogen (secondary N) is 1. The average Bonchev–Trinajstić information content (AvgIpc) is 3.36. The van der Waals surface area contributed by atoms with Gasteiger partial charge >= 0.3 is 6.18 Å². The molecule has 1 aliphatic heterocycles. The highest BCUT2D eigenvalue weighted by Gasteiger charge is 2.31. The first-order valence-electron chi connectivity index (χ1n) is 8.40. The molecular formula is C18H16F3N3O3. The molecule has 142 valence electrons. The van der Waals surface area contributed by atoms with Gasteiger partial charge < -0.3 is 13.7 Å². The van der Waals surface area contributed by atoms with Crippen LogP contribution in [-0.4, -0.2) is 28.7 Å². The molecule has 27 heavy (non-hydrogen) atoms. The van der Waals surface area contributed by atoms with Crippen molar-refractivity contribution in [3.8, 4) is 0 Å². The van der Waals surface area contributed by atoms with Crippen LogP contribution in [-0.2, 0) is 22.3 Å². The number of rotatable bonds is 4. The zero-order valence-electron chi connectivity index (χ0n) is 14.1. The van der Waals surface area contributed by atoms with E-state index in [9.17, 15) is 18.0 Å². The minimum Gasteiger partial charge on any atom is -0.467 e. The van der Waals surface area contributed by atoms with Crippen molar-refractivity contribution >= 4 is 22.9 Å². The number of carbonyl (C=O) groups is 1. The second-order valence-corrected chi connectivity index (χ2v) is 6.35. The number of alkyl halides is 3. The maximum Gasteiger partial charge on any atom is 0.416 e. The maximum absolute atomic E-state index is 13.0.